The van der Waals surface area contributed by atoms with Gasteiger partial charge in [0.25, 0.3) is 0 Å². The first-order chi connectivity index (χ1) is 20.8. The fourth-order valence-electron chi connectivity index (χ4n) is 3.27. The lowest BCUT2D eigenvalue weighted by Crippen LogP contribution is -2.31. The van der Waals surface area contributed by atoms with Crippen LogP contribution in [0.25, 0.3) is 0 Å². The summed E-state index contributed by atoms with van der Waals surface area (Å²) in [6.07, 6.45) is 3.02. The van der Waals surface area contributed by atoms with Gasteiger partial charge >= 0.3 is 0 Å². The first kappa shape index (κ1) is 41.5. The highest BCUT2D eigenvalue weighted by atomic mass is 32.2. The largest absolute Gasteiger partial charge is 0.384 e. The molecule has 1 unspecified atom stereocenters. The Morgan fingerprint density at radius 1 is 0.767 bits per heavy atom. The van der Waals surface area contributed by atoms with Crippen LogP contribution in [0.4, 0.5) is 0 Å². The number of ether oxygens (including phenoxy) is 5. The second-order valence-electron chi connectivity index (χ2n) is 8.90. The van der Waals surface area contributed by atoms with Crippen LogP contribution in [0.5, 0.6) is 0 Å². The van der Waals surface area contributed by atoms with E-state index in [1.807, 2.05) is 0 Å². The van der Waals surface area contributed by atoms with E-state index in [0.717, 1.165) is 19.3 Å². The first-order valence-electron chi connectivity index (χ1n) is 13.9. The van der Waals surface area contributed by atoms with Gasteiger partial charge in [0.1, 0.15) is 4.38 Å². The highest BCUT2D eigenvalue weighted by molar-refractivity contribution is 8.44. The number of unbranched alkanes of at least 4 members (excludes halogenated alkanes) is 1. The molecule has 0 aromatic heterocycles. The lowest BCUT2D eigenvalue weighted by molar-refractivity contribution is -0.125. The summed E-state index contributed by atoms with van der Waals surface area (Å²) in [5.74, 6) is -0.522. The molecule has 0 rings (SSSR count). The molecule has 0 aliphatic rings. The Bertz CT molecular complexity index is 781. The molecule has 0 aromatic rings. The number of nitrogens with one attached hydrogen (secondary N) is 5. The molecular formula is C25H48N6O9S3. The van der Waals surface area contributed by atoms with Crippen molar-refractivity contribution in [1.82, 2.24) is 16.0 Å². The number of carbonyl (C=O) groups is 3. The fourth-order valence-corrected chi connectivity index (χ4v) is 4.27. The third kappa shape index (κ3) is 29.0. The number of carbonyl (C=O) groups excluding carboxylic acids is 3. The van der Waals surface area contributed by atoms with Crippen molar-refractivity contribution in [3.8, 4) is 0 Å². The average molecular weight is 673 g/mol. The van der Waals surface area contributed by atoms with E-state index in [9.17, 15) is 14.4 Å². The van der Waals surface area contributed by atoms with Crippen LogP contribution in [-0.2, 0) is 42.3 Å². The third-order valence-corrected chi connectivity index (χ3v) is 6.76. The van der Waals surface area contributed by atoms with E-state index >= 15 is 0 Å². The number of nitrogens with two attached hydrogens (primary N) is 1. The minimum atomic E-state index is -0.487. The molecule has 7 N–H and O–H groups in total. The third-order valence-electron chi connectivity index (χ3n) is 5.37. The van der Waals surface area contributed by atoms with E-state index in [1.54, 1.807) is 7.11 Å². The van der Waals surface area contributed by atoms with Gasteiger partial charge in [-0.25, -0.2) is 0 Å². The second-order valence-corrected chi connectivity index (χ2v) is 11.1. The van der Waals surface area contributed by atoms with Gasteiger partial charge in [-0.15, -0.1) is 0 Å². The number of amidine groups is 1. The molecule has 1 atom stereocenters. The van der Waals surface area contributed by atoms with Crippen LogP contribution in [0.3, 0.4) is 0 Å². The van der Waals surface area contributed by atoms with Crippen molar-refractivity contribution >= 4 is 63.9 Å². The van der Waals surface area contributed by atoms with Crippen molar-refractivity contribution in [1.29, 1.82) is 10.8 Å². The van der Waals surface area contributed by atoms with Crippen molar-refractivity contribution in [3.05, 3.63) is 0 Å². The van der Waals surface area contributed by atoms with Crippen molar-refractivity contribution in [2.24, 2.45) is 11.1 Å². The van der Waals surface area contributed by atoms with Gasteiger partial charge in [-0.3, -0.25) is 30.3 Å². The van der Waals surface area contributed by atoms with Crippen molar-refractivity contribution in [2.75, 3.05) is 86.3 Å². The van der Waals surface area contributed by atoms with Gasteiger partial charge in [0.15, 0.2) is 5.17 Å². The summed E-state index contributed by atoms with van der Waals surface area (Å²) in [6.45, 7) is 5.09. The summed E-state index contributed by atoms with van der Waals surface area (Å²) in [7, 11) is 1.66. The maximum Gasteiger partial charge on any atom is 0.226 e. The molecule has 18 heteroatoms. The lowest BCUT2D eigenvalue weighted by atomic mass is 10.0. The van der Waals surface area contributed by atoms with Crippen LogP contribution in [0, 0.1) is 16.7 Å². The minimum Gasteiger partial charge on any atom is -0.384 e. The lowest BCUT2D eigenvalue weighted by Gasteiger charge is -2.14. The Balaban J connectivity index is 3.43. The maximum atomic E-state index is 11.9. The highest BCUT2D eigenvalue weighted by Gasteiger charge is 2.11. The number of hydrogen-bond donors (Lipinski definition) is 7. The predicted molar refractivity (Wildman–Crippen MR) is 170 cm³/mol. The molecule has 0 radical (unpaired) electrons. The van der Waals surface area contributed by atoms with Crippen LogP contribution in [0.15, 0.2) is 0 Å². The standard InChI is InChI=1S/C25H48N6O9S3/c1-35-18-20(19-40-41)4-2-3-8-29-22(33)7-10-36-12-14-38-16-17-39-15-13-37-11-9-30-21(32)5-6-23(34)31-24(26)42-25(27)43-28/h20,27,41H,2-19,28H2,1H3,(H,29,33)(H,30,32)(H2,26,31,34). The van der Waals surface area contributed by atoms with Crippen LogP contribution in [-0.4, -0.2) is 114 Å². The van der Waals surface area contributed by atoms with Crippen LogP contribution >= 0.6 is 36.6 Å². The van der Waals surface area contributed by atoms with Crippen LogP contribution in [0.1, 0.15) is 38.5 Å². The topological polar surface area (TPSA) is 216 Å². The SMILES string of the molecule is COCC(CCCCNC(=O)CCOCCOCCOCCOCCNC(=O)CCC(=O)NC(=N)SC(=N)SN)COS. The van der Waals surface area contributed by atoms with Gasteiger partial charge in [-0.2, -0.15) is 0 Å². The van der Waals surface area contributed by atoms with E-state index in [4.69, 9.17) is 43.8 Å². The summed E-state index contributed by atoms with van der Waals surface area (Å²) >= 11 is 5.18. The smallest absolute Gasteiger partial charge is 0.226 e. The molecule has 3 amide bonds. The van der Waals surface area contributed by atoms with Crippen molar-refractivity contribution < 1.29 is 42.3 Å². The molecular weight excluding hydrogens is 625 g/mol. The van der Waals surface area contributed by atoms with E-state index in [1.165, 1.54) is 0 Å². The monoisotopic (exact) mass is 672 g/mol. The Labute approximate surface area is 268 Å². The van der Waals surface area contributed by atoms with Gasteiger partial charge < -0.3 is 43.8 Å². The summed E-state index contributed by atoms with van der Waals surface area (Å²) < 4.78 is 31.6. The number of amides is 3. The van der Waals surface area contributed by atoms with Gasteiger partial charge in [0.05, 0.1) is 66.1 Å². The summed E-state index contributed by atoms with van der Waals surface area (Å²) in [4.78, 5) is 35.3. The predicted octanol–water partition coefficient (Wildman–Crippen LogP) is 1.08. The number of hydrogen-bond acceptors (Lipinski definition) is 15. The second kappa shape index (κ2) is 30.5. The van der Waals surface area contributed by atoms with Crippen molar-refractivity contribution in [2.45, 2.75) is 38.5 Å². The molecule has 0 aromatic carbocycles. The number of rotatable bonds is 27. The Morgan fingerprint density at radius 3 is 1.93 bits per heavy atom. The molecule has 0 aliphatic heterocycles. The van der Waals surface area contributed by atoms with E-state index in [2.05, 4.69) is 28.9 Å². The molecule has 15 nitrogen and oxygen atoms in total. The zero-order chi connectivity index (χ0) is 32.0. The molecule has 43 heavy (non-hydrogen) atoms. The van der Waals surface area contributed by atoms with Gasteiger partial charge in [-0.1, -0.05) is 6.42 Å². The number of thiol groups is 1. The molecule has 0 saturated carbocycles. The molecule has 0 saturated heterocycles. The molecule has 250 valence electrons. The van der Waals surface area contributed by atoms with Gasteiger partial charge in [-0.05, 0) is 49.5 Å². The van der Waals surface area contributed by atoms with E-state index in [-0.39, 0.29) is 34.2 Å². The van der Waals surface area contributed by atoms with Crippen molar-refractivity contribution in [3.63, 3.8) is 0 Å². The molecule has 0 fully saturated rings. The molecule has 0 heterocycles. The minimum absolute atomic E-state index is 0.0226. The summed E-state index contributed by atoms with van der Waals surface area (Å²) in [5, 5.41) is 27.6. The summed E-state index contributed by atoms with van der Waals surface area (Å²) in [6, 6.07) is 0. The Hall–Kier alpha value is -1.48. The molecule has 0 spiro atoms. The number of methoxy groups -OCH3 is 1. The number of thioether (sulfide) groups is 1. The van der Waals surface area contributed by atoms with E-state index < -0.39 is 5.91 Å². The van der Waals surface area contributed by atoms with Crippen LogP contribution < -0.4 is 21.1 Å². The summed E-state index contributed by atoms with van der Waals surface area (Å²) in [5.41, 5.74) is 0. The quantitative estimate of drug-likeness (QED) is 0.0163. The Morgan fingerprint density at radius 2 is 1.33 bits per heavy atom. The maximum absolute atomic E-state index is 11.9. The zero-order valence-corrected chi connectivity index (χ0v) is 27.3. The Kier molecular flexibility index (Phi) is 29.5. The molecule has 0 aliphatic carbocycles. The van der Waals surface area contributed by atoms with Gasteiger partial charge in [0, 0.05) is 45.4 Å². The zero-order valence-electron chi connectivity index (χ0n) is 24.8. The highest BCUT2D eigenvalue weighted by Crippen LogP contribution is 2.11. The van der Waals surface area contributed by atoms with Gasteiger partial charge in [0.2, 0.25) is 17.7 Å². The average Bonchev–Trinajstić information content (AvgIpc) is 2.97. The van der Waals surface area contributed by atoms with Crippen LogP contribution in [0.2, 0.25) is 0 Å². The van der Waals surface area contributed by atoms with E-state index in [0.29, 0.717) is 115 Å². The molecule has 0 bridgehead atoms. The fraction of sp³-hybridized carbons (Fsp3) is 0.800. The normalized spacial score (nSPS) is 11.6. The first-order valence-corrected chi connectivity index (χ1v) is 16.0.